The van der Waals surface area contributed by atoms with Crippen molar-refractivity contribution in [3.63, 3.8) is 0 Å². The quantitative estimate of drug-likeness (QED) is 0.581. The Balaban J connectivity index is 1.66. The van der Waals surface area contributed by atoms with Gasteiger partial charge in [0.05, 0.1) is 5.52 Å². The number of nitrogens with zero attached hydrogens (tertiary/aromatic N) is 3. The molecular formula is C15H13N5O5S. The summed E-state index contributed by atoms with van der Waals surface area (Å²) in [5.74, 6) is -2.44. The molecule has 1 aromatic carbocycles. The maximum Gasteiger partial charge on any atom is 0.322 e. The molecule has 1 aliphatic heterocycles. The highest BCUT2D eigenvalue weighted by Gasteiger charge is 2.31. The average molecular weight is 375 g/mol. The van der Waals surface area contributed by atoms with E-state index in [1.165, 1.54) is 0 Å². The molecule has 0 aliphatic carbocycles. The molecule has 10 nitrogen and oxygen atoms in total. The largest absolute Gasteiger partial charge is 0.493 e. The Bertz CT molecular complexity index is 951. The zero-order chi connectivity index (χ0) is 18.7. The van der Waals surface area contributed by atoms with Crippen LogP contribution in [0, 0.1) is 0 Å². The molecule has 0 spiro atoms. The zero-order valence-electron chi connectivity index (χ0n) is 13.2. The lowest BCUT2D eigenvalue weighted by molar-refractivity contribution is -0.137. The molecule has 0 saturated heterocycles. The van der Waals surface area contributed by atoms with E-state index in [1.54, 1.807) is 24.3 Å². The van der Waals surface area contributed by atoms with Gasteiger partial charge in [0.15, 0.2) is 5.69 Å². The number of benzene rings is 1. The number of thioether (sulfide) groups is 1. The normalized spacial score (nSPS) is 17.0. The number of carboxylic acids is 1. The van der Waals surface area contributed by atoms with Crippen molar-refractivity contribution in [3.8, 4) is 5.88 Å². The van der Waals surface area contributed by atoms with Crippen LogP contribution in [-0.2, 0) is 14.4 Å². The van der Waals surface area contributed by atoms with Gasteiger partial charge < -0.3 is 20.5 Å². The maximum atomic E-state index is 11.8. The van der Waals surface area contributed by atoms with Gasteiger partial charge in [-0.25, -0.2) is 0 Å². The molecule has 26 heavy (non-hydrogen) atoms. The second-order valence-corrected chi connectivity index (χ2v) is 6.45. The third-order valence-electron chi connectivity index (χ3n) is 3.43. The van der Waals surface area contributed by atoms with Gasteiger partial charge in [-0.1, -0.05) is 30.0 Å². The Morgan fingerprint density at radius 2 is 2.08 bits per heavy atom. The molecule has 0 radical (unpaired) electrons. The Labute approximate surface area is 150 Å². The first-order valence-electron chi connectivity index (χ1n) is 7.43. The van der Waals surface area contributed by atoms with Gasteiger partial charge in [-0.05, 0) is 6.07 Å². The van der Waals surface area contributed by atoms with E-state index in [9.17, 15) is 19.5 Å². The number of carbonyl (C=O) groups excluding carboxylic acids is 2. The van der Waals surface area contributed by atoms with Gasteiger partial charge in [0.1, 0.15) is 11.8 Å². The summed E-state index contributed by atoms with van der Waals surface area (Å²) in [5.41, 5.74) is 0.906. The second-order valence-electron chi connectivity index (χ2n) is 5.28. The number of para-hydroxylation sites is 1. The summed E-state index contributed by atoms with van der Waals surface area (Å²) in [5, 5.41) is 28.4. The summed E-state index contributed by atoms with van der Waals surface area (Å²) in [6, 6.07) is 7.11. The number of amides is 2. The molecule has 1 unspecified atom stereocenters. The maximum absolute atomic E-state index is 11.8. The molecule has 0 saturated carbocycles. The van der Waals surface area contributed by atoms with Crippen LogP contribution in [0.3, 0.4) is 0 Å². The molecular weight excluding hydrogens is 362 g/mol. The molecule has 11 heteroatoms. The highest BCUT2D eigenvalue weighted by Crippen LogP contribution is 2.36. The standard InChI is InChI=1S/C15H13N5O5S/c21-10(16-6-11(22)23)5-9-13(24)18-15(26-9)20-19-12-7-3-1-2-4-8(7)17-14(12)25/h1-4,9,17,25H,5-6H2,(H,16,21)(H,22,23). The van der Waals surface area contributed by atoms with E-state index in [2.05, 4.69) is 25.5 Å². The molecule has 2 aromatic rings. The number of H-pyrrole nitrogens is 1. The van der Waals surface area contributed by atoms with Gasteiger partial charge in [-0.15, -0.1) is 10.2 Å². The number of hydrogen-bond acceptors (Lipinski definition) is 7. The number of amidine groups is 1. The lowest BCUT2D eigenvalue weighted by Crippen LogP contribution is -2.32. The van der Waals surface area contributed by atoms with Gasteiger partial charge in [0.25, 0.3) is 5.91 Å². The number of carbonyl (C=O) groups is 3. The van der Waals surface area contributed by atoms with E-state index < -0.39 is 29.6 Å². The van der Waals surface area contributed by atoms with Gasteiger partial charge in [0.2, 0.25) is 17.0 Å². The minimum absolute atomic E-state index is 0.0655. The molecule has 1 aliphatic rings. The number of nitrogens with one attached hydrogen (secondary N) is 2. The van der Waals surface area contributed by atoms with Crippen molar-refractivity contribution >= 4 is 51.3 Å². The van der Waals surface area contributed by atoms with Crippen LogP contribution in [0.1, 0.15) is 6.42 Å². The van der Waals surface area contributed by atoms with Crippen molar-refractivity contribution < 1.29 is 24.6 Å². The molecule has 2 heterocycles. The van der Waals surface area contributed by atoms with Crippen LogP contribution in [-0.4, -0.2) is 49.9 Å². The zero-order valence-corrected chi connectivity index (χ0v) is 14.0. The van der Waals surface area contributed by atoms with E-state index in [-0.39, 0.29) is 23.2 Å². The van der Waals surface area contributed by atoms with Crippen LogP contribution in [0.5, 0.6) is 5.88 Å². The molecule has 3 rings (SSSR count). The third-order valence-corrected chi connectivity index (χ3v) is 4.47. The Morgan fingerprint density at radius 1 is 1.31 bits per heavy atom. The molecule has 134 valence electrons. The first kappa shape index (κ1) is 17.6. The van der Waals surface area contributed by atoms with Crippen LogP contribution in [0.15, 0.2) is 39.5 Å². The number of hydrogen-bond donors (Lipinski definition) is 4. The van der Waals surface area contributed by atoms with Crippen LogP contribution >= 0.6 is 11.8 Å². The molecule has 2 amide bonds. The number of aromatic amines is 1. The Hall–Kier alpha value is -3.21. The number of rotatable bonds is 5. The Kier molecular flexibility index (Phi) is 4.98. The van der Waals surface area contributed by atoms with Crippen molar-refractivity contribution in [1.29, 1.82) is 0 Å². The van der Waals surface area contributed by atoms with E-state index in [0.29, 0.717) is 10.9 Å². The van der Waals surface area contributed by atoms with E-state index in [1.807, 2.05) is 0 Å². The van der Waals surface area contributed by atoms with Gasteiger partial charge >= 0.3 is 5.97 Å². The number of carboxylic acid groups (broad SMARTS) is 1. The molecule has 1 aromatic heterocycles. The van der Waals surface area contributed by atoms with Crippen molar-refractivity contribution in [1.82, 2.24) is 10.3 Å². The number of aliphatic carboxylic acids is 1. The van der Waals surface area contributed by atoms with Crippen molar-refractivity contribution in [3.05, 3.63) is 24.3 Å². The highest BCUT2D eigenvalue weighted by atomic mass is 32.2. The number of fused-ring (bicyclic) bond motifs is 1. The molecule has 4 N–H and O–H groups in total. The van der Waals surface area contributed by atoms with Crippen LogP contribution < -0.4 is 5.32 Å². The summed E-state index contributed by atoms with van der Waals surface area (Å²) in [6.45, 7) is -0.516. The fourth-order valence-corrected chi connectivity index (χ4v) is 3.14. The van der Waals surface area contributed by atoms with Gasteiger partial charge in [-0.3, -0.25) is 14.4 Å². The fraction of sp³-hybridized carbons (Fsp3) is 0.200. The van der Waals surface area contributed by atoms with Crippen molar-refractivity contribution in [2.75, 3.05) is 6.54 Å². The summed E-state index contributed by atoms with van der Waals surface area (Å²) < 4.78 is 0. The first-order chi connectivity index (χ1) is 12.4. The monoisotopic (exact) mass is 375 g/mol. The fourth-order valence-electron chi connectivity index (χ4n) is 2.27. The number of azo groups is 1. The third kappa shape index (κ3) is 3.88. The Morgan fingerprint density at radius 3 is 2.85 bits per heavy atom. The van der Waals surface area contributed by atoms with Crippen molar-refractivity contribution in [2.24, 2.45) is 15.2 Å². The van der Waals surface area contributed by atoms with Crippen LogP contribution in [0.25, 0.3) is 10.9 Å². The van der Waals surface area contributed by atoms with Crippen LogP contribution in [0.4, 0.5) is 5.69 Å². The lowest BCUT2D eigenvalue weighted by atomic mass is 10.2. The summed E-state index contributed by atoms with van der Waals surface area (Å²) in [7, 11) is 0. The lowest BCUT2D eigenvalue weighted by Gasteiger charge is -2.05. The summed E-state index contributed by atoms with van der Waals surface area (Å²) in [6.07, 6.45) is -0.211. The van der Waals surface area contributed by atoms with E-state index >= 15 is 0 Å². The number of aromatic hydroxyl groups is 1. The number of aliphatic imine (C=N–C) groups is 1. The highest BCUT2D eigenvalue weighted by molar-refractivity contribution is 8.15. The minimum atomic E-state index is -1.17. The smallest absolute Gasteiger partial charge is 0.322 e. The van der Waals surface area contributed by atoms with Crippen LogP contribution in [0.2, 0.25) is 0 Å². The summed E-state index contributed by atoms with van der Waals surface area (Å²) >= 11 is 0.954. The SMILES string of the molecule is O=C(O)CNC(=O)CC1SC(N=Nc2c(O)[nH]c3ccccc23)=NC1=O. The van der Waals surface area contributed by atoms with Gasteiger partial charge in [-0.2, -0.15) is 4.99 Å². The predicted octanol–water partition coefficient (Wildman–Crippen LogP) is 1.55. The average Bonchev–Trinajstić information content (AvgIpc) is 3.10. The van der Waals surface area contributed by atoms with Crippen molar-refractivity contribution in [2.45, 2.75) is 11.7 Å². The second kappa shape index (κ2) is 7.35. The van der Waals surface area contributed by atoms with Gasteiger partial charge in [0, 0.05) is 11.8 Å². The predicted molar refractivity (Wildman–Crippen MR) is 93.6 cm³/mol. The van der Waals surface area contributed by atoms with E-state index in [4.69, 9.17) is 5.11 Å². The molecule has 0 bridgehead atoms. The molecule has 0 fully saturated rings. The topological polar surface area (TPSA) is 157 Å². The number of aromatic nitrogens is 1. The minimum Gasteiger partial charge on any atom is -0.493 e. The van der Waals surface area contributed by atoms with E-state index in [0.717, 1.165) is 11.8 Å². The summed E-state index contributed by atoms with van der Waals surface area (Å²) in [4.78, 5) is 40.3. The molecule has 1 atom stereocenters. The first-order valence-corrected chi connectivity index (χ1v) is 8.31.